The normalized spacial score (nSPS) is 10.7. The number of rotatable bonds is 6. The van der Waals surface area contributed by atoms with Crippen LogP contribution < -0.4 is 5.32 Å². The number of para-hydroxylation sites is 1. The fourth-order valence-electron chi connectivity index (χ4n) is 2.68. The van der Waals surface area contributed by atoms with Gasteiger partial charge >= 0.3 is 0 Å². The van der Waals surface area contributed by atoms with Crippen molar-refractivity contribution in [3.05, 3.63) is 96.3 Å². The van der Waals surface area contributed by atoms with Gasteiger partial charge in [-0.2, -0.15) is 9.90 Å². The van der Waals surface area contributed by atoms with E-state index in [2.05, 4.69) is 20.5 Å². The van der Waals surface area contributed by atoms with Crippen molar-refractivity contribution >= 4 is 5.91 Å². The van der Waals surface area contributed by atoms with Crippen molar-refractivity contribution in [2.24, 2.45) is 0 Å². The topological polar surface area (TPSA) is 77.6 Å². The molecule has 0 saturated carbocycles. The van der Waals surface area contributed by atoms with Crippen LogP contribution in [0.15, 0.2) is 79.5 Å². The highest BCUT2D eigenvalue weighted by Crippen LogP contribution is 2.07. The number of aromatic nitrogens is 5. The van der Waals surface area contributed by atoms with Crippen LogP contribution in [0.3, 0.4) is 0 Å². The molecule has 0 unspecified atom stereocenters. The number of carbonyl (C=O) groups is 1. The van der Waals surface area contributed by atoms with Gasteiger partial charge in [-0.3, -0.25) is 4.79 Å². The molecule has 0 aliphatic rings. The lowest BCUT2D eigenvalue weighted by Crippen LogP contribution is -2.23. The molecule has 0 aliphatic heterocycles. The van der Waals surface area contributed by atoms with Crippen molar-refractivity contribution in [2.45, 2.75) is 13.1 Å². The molecule has 1 N–H and O–H groups in total. The van der Waals surface area contributed by atoms with Crippen LogP contribution in [-0.2, 0) is 13.1 Å². The summed E-state index contributed by atoms with van der Waals surface area (Å²) in [6.45, 7) is 1.21. The van der Waals surface area contributed by atoms with Gasteiger partial charge in [-0.25, -0.2) is 4.98 Å². The molecule has 27 heavy (non-hydrogen) atoms. The molecule has 2 heterocycles. The zero-order chi connectivity index (χ0) is 18.5. The van der Waals surface area contributed by atoms with Crippen LogP contribution in [0.2, 0.25) is 0 Å². The summed E-state index contributed by atoms with van der Waals surface area (Å²) >= 11 is 0. The molecular formula is C20H18N6O. The minimum Gasteiger partial charge on any atom is -0.347 e. The van der Waals surface area contributed by atoms with E-state index >= 15 is 0 Å². The maximum absolute atomic E-state index is 12.3. The van der Waals surface area contributed by atoms with E-state index in [-0.39, 0.29) is 11.6 Å². The van der Waals surface area contributed by atoms with Crippen molar-refractivity contribution in [3.63, 3.8) is 0 Å². The van der Waals surface area contributed by atoms with Gasteiger partial charge in [0.2, 0.25) is 0 Å². The number of nitrogens with zero attached hydrogens (tertiary/aromatic N) is 5. The molecule has 7 heteroatoms. The molecule has 0 aliphatic carbocycles. The van der Waals surface area contributed by atoms with Crippen molar-refractivity contribution in [1.82, 2.24) is 29.9 Å². The Hall–Kier alpha value is -3.74. The Morgan fingerprint density at radius 3 is 2.52 bits per heavy atom. The van der Waals surface area contributed by atoms with Crippen LogP contribution in [0.1, 0.15) is 21.6 Å². The van der Waals surface area contributed by atoms with E-state index in [0.717, 1.165) is 17.8 Å². The first-order chi connectivity index (χ1) is 13.3. The number of hydrogen-bond acceptors (Lipinski definition) is 4. The SMILES string of the molecule is O=C(NCc1ccc(Cn2ccnc2)cc1)c1cnn(-c2ccccc2)n1. The Bertz CT molecular complexity index is 1010. The Kier molecular flexibility index (Phi) is 4.74. The lowest BCUT2D eigenvalue weighted by atomic mass is 10.1. The number of amides is 1. The summed E-state index contributed by atoms with van der Waals surface area (Å²) < 4.78 is 2.01. The first-order valence-electron chi connectivity index (χ1n) is 8.57. The molecule has 4 aromatic rings. The summed E-state index contributed by atoms with van der Waals surface area (Å²) in [5.41, 5.74) is 3.29. The molecule has 1 amide bonds. The minimum atomic E-state index is -0.250. The molecule has 0 fully saturated rings. The van der Waals surface area contributed by atoms with Crippen LogP contribution in [0.25, 0.3) is 5.69 Å². The Morgan fingerprint density at radius 1 is 1.00 bits per heavy atom. The second-order valence-electron chi connectivity index (χ2n) is 6.09. The highest BCUT2D eigenvalue weighted by atomic mass is 16.2. The van der Waals surface area contributed by atoms with Crippen LogP contribution in [0.5, 0.6) is 0 Å². The van der Waals surface area contributed by atoms with E-state index in [4.69, 9.17) is 0 Å². The highest BCUT2D eigenvalue weighted by Gasteiger charge is 2.11. The third-order valence-corrected chi connectivity index (χ3v) is 4.11. The Morgan fingerprint density at radius 2 is 1.78 bits per heavy atom. The maximum Gasteiger partial charge on any atom is 0.273 e. The summed E-state index contributed by atoms with van der Waals surface area (Å²) in [7, 11) is 0. The lowest BCUT2D eigenvalue weighted by Gasteiger charge is -2.06. The average molecular weight is 358 g/mol. The monoisotopic (exact) mass is 358 g/mol. The number of hydrogen-bond donors (Lipinski definition) is 1. The predicted octanol–water partition coefficient (Wildman–Crippen LogP) is 2.44. The van der Waals surface area contributed by atoms with Gasteiger partial charge in [-0.05, 0) is 23.3 Å². The molecule has 134 valence electrons. The van der Waals surface area contributed by atoms with Gasteiger partial charge in [0.15, 0.2) is 5.69 Å². The summed E-state index contributed by atoms with van der Waals surface area (Å²) in [5, 5.41) is 11.3. The molecule has 0 spiro atoms. The summed E-state index contributed by atoms with van der Waals surface area (Å²) in [6, 6.07) is 17.6. The first-order valence-corrected chi connectivity index (χ1v) is 8.57. The van der Waals surface area contributed by atoms with Crippen LogP contribution in [0.4, 0.5) is 0 Å². The fourth-order valence-corrected chi connectivity index (χ4v) is 2.68. The van der Waals surface area contributed by atoms with Gasteiger partial charge in [0.05, 0.1) is 18.2 Å². The minimum absolute atomic E-state index is 0.250. The average Bonchev–Trinajstić information content (AvgIpc) is 3.40. The number of imidazole rings is 1. The van der Waals surface area contributed by atoms with E-state index in [1.165, 1.54) is 16.6 Å². The molecule has 2 aromatic heterocycles. The number of nitrogens with one attached hydrogen (secondary N) is 1. The highest BCUT2D eigenvalue weighted by molar-refractivity contribution is 5.91. The van der Waals surface area contributed by atoms with Crippen molar-refractivity contribution in [1.29, 1.82) is 0 Å². The van der Waals surface area contributed by atoms with E-state index in [1.807, 2.05) is 65.4 Å². The summed E-state index contributed by atoms with van der Waals surface area (Å²) in [4.78, 5) is 17.8. The van der Waals surface area contributed by atoms with Gasteiger partial charge < -0.3 is 9.88 Å². The van der Waals surface area contributed by atoms with Gasteiger partial charge in [-0.1, -0.05) is 42.5 Å². The zero-order valence-corrected chi connectivity index (χ0v) is 14.6. The molecule has 0 radical (unpaired) electrons. The van der Waals surface area contributed by atoms with Crippen LogP contribution in [-0.4, -0.2) is 30.5 Å². The fraction of sp³-hybridized carbons (Fsp3) is 0.100. The second-order valence-corrected chi connectivity index (χ2v) is 6.09. The third-order valence-electron chi connectivity index (χ3n) is 4.11. The van der Waals surface area contributed by atoms with Crippen LogP contribution >= 0.6 is 0 Å². The van der Waals surface area contributed by atoms with Crippen LogP contribution in [0, 0.1) is 0 Å². The van der Waals surface area contributed by atoms with Gasteiger partial charge in [-0.15, -0.1) is 5.10 Å². The van der Waals surface area contributed by atoms with E-state index in [1.54, 1.807) is 12.5 Å². The van der Waals surface area contributed by atoms with Crippen molar-refractivity contribution < 1.29 is 4.79 Å². The molecular weight excluding hydrogens is 340 g/mol. The predicted molar refractivity (Wildman–Crippen MR) is 100 cm³/mol. The van der Waals surface area contributed by atoms with E-state index in [9.17, 15) is 4.79 Å². The Balaban J connectivity index is 1.34. The van der Waals surface area contributed by atoms with Crippen molar-refractivity contribution in [2.75, 3.05) is 0 Å². The van der Waals surface area contributed by atoms with E-state index < -0.39 is 0 Å². The van der Waals surface area contributed by atoms with Crippen molar-refractivity contribution in [3.8, 4) is 5.69 Å². The smallest absolute Gasteiger partial charge is 0.273 e. The van der Waals surface area contributed by atoms with E-state index in [0.29, 0.717) is 6.54 Å². The zero-order valence-electron chi connectivity index (χ0n) is 14.6. The number of carbonyl (C=O) groups excluding carboxylic acids is 1. The Labute approximate surface area is 156 Å². The first kappa shape index (κ1) is 16.7. The number of benzene rings is 2. The summed E-state index contributed by atoms with van der Waals surface area (Å²) in [5.74, 6) is -0.250. The molecule has 2 aromatic carbocycles. The van der Waals surface area contributed by atoms with Gasteiger partial charge in [0.1, 0.15) is 0 Å². The summed E-state index contributed by atoms with van der Waals surface area (Å²) in [6.07, 6.45) is 6.95. The molecule has 0 atom stereocenters. The van der Waals surface area contributed by atoms with Gasteiger partial charge in [0, 0.05) is 25.5 Å². The molecule has 0 saturated heterocycles. The molecule has 4 rings (SSSR count). The quantitative estimate of drug-likeness (QED) is 0.574. The standard InChI is InChI=1S/C20H18N6O/c27-20(19-13-23-26(24-19)18-4-2-1-3-5-18)22-12-16-6-8-17(9-7-16)14-25-11-10-21-15-25/h1-11,13,15H,12,14H2,(H,22,27). The second kappa shape index (κ2) is 7.65. The largest absolute Gasteiger partial charge is 0.347 e. The lowest BCUT2D eigenvalue weighted by molar-refractivity contribution is 0.0945. The molecule has 7 nitrogen and oxygen atoms in total. The third kappa shape index (κ3) is 4.09. The maximum atomic E-state index is 12.3. The van der Waals surface area contributed by atoms with Gasteiger partial charge in [0.25, 0.3) is 5.91 Å². The molecule has 0 bridgehead atoms.